The lowest BCUT2D eigenvalue weighted by molar-refractivity contribution is -0.139. The Morgan fingerprint density at radius 2 is 1.92 bits per heavy atom. The van der Waals surface area contributed by atoms with Gasteiger partial charge >= 0.3 is 5.97 Å². The number of nitrogen functional groups attached to an aromatic ring is 1. The summed E-state index contributed by atoms with van der Waals surface area (Å²) in [6.45, 7) is 0.454. The van der Waals surface area contributed by atoms with Crippen LogP contribution in [0.2, 0.25) is 0 Å². The van der Waals surface area contributed by atoms with E-state index in [1.54, 1.807) is 12.1 Å². The Hall–Kier alpha value is -4.24. The molecule has 0 aliphatic rings. The van der Waals surface area contributed by atoms with Crippen LogP contribution in [0.3, 0.4) is 0 Å². The van der Waals surface area contributed by atoms with Crippen LogP contribution >= 0.6 is 12.6 Å². The molecule has 1 atom stereocenters. The molecule has 3 rings (SSSR count). The van der Waals surface area contributed by atoms with Gasteiger partial charge in [0, 0.05) is 23.5 Å². The van der Waals surface area contributed by atoms with Crippen LogP contribution in [0.4, 0.5) is 11.6 Å². The summed E-state index contributed by atoms with van der Waals surface area (Å²) in [4.78, 5) is 62.4. The number of nitrogens with two attached hydrogens (primary N) is 1. The number of carboxylic acid groups (broad SMARTS) is 1. The molecule has 190 valence electrons. The fraction of sp³-hybridized carbons (Fsp3) is 0.286. The van der Waals surface area contributed by atoms with Gasteiger partial charge in [0.05, 0.1) is 25.1 Å². The summed E-state index contributed by atoms with van der Waals surface area (Å²) < 4.78 is 0. The van der Waals surface area contributed by atoms with Crippen molar-refractivity contribution in [3.05, 3.63) is 52.1 Å². The minimum Gasteiger partial charge on any atom is -0.480 e. The Kier molecular flexibility index (Phi) is 9.13. The summed E-state index contributed by atoms with van der Waals surface area (Å²) in [5.74, 6) is -1.83. The van der Waals surface area contributed by atoms with Crippen molar-refractivity contribution in [1.82, 2.24) is 35.9 Å². The molecule has 15 heteroatoms. The molecular weight excluding hydrogens is 490 g/mol. The van der Waals surface area contributed by atoms with Gasteiger partial charge in [-0.05, 0) is 30.7 Å². The fourth-order valence-corrected chi connectivity index (χ4v) is 3.18. The van der Waals surface area contributed by atoms with Crippen LogP contribution in [0.1, 0.15) is 28.9 Å². The molecular formula is C21H25N9O5S. The molecule has 36 heavy (non-hydrogen) atoms. The molecule has 14 nitrogen and oxygen atoms in total. The van der Waals surface area contributed by atoms with E-state index in [2.05, 4.69) is 53.8 Å². The Labute approximate surface area is 209 Å². The van der Waals surface area contributed by atoms with E-state index in [-0.39, 0.29) is 54.6 Å². The molecule has 2 heterocycles. The lowest BCUT2D eigenvalue weighted by Gasteiger charge is -2.15. The first-order valence-corrected chi connectivity index (χ1v) is 11.4. The first-order chi connectivity index (χ1) is 17.3. The van der Waals surface area contributed by atoms with Crippen LogP contribution < -0.4 is 32.6 Å². The van der Waals surface area contributed by atoms with Crippen LogP contribution in [0.25, 0.3) is 11.2 Å². The van der Waals surface area contributed by atoms with Crippen LogP contribution in [0.5, 0.6) is 0 Å². The molecule has 1 unspecified atom stereocenters. The number of rotatable bonds is 12. The maximum absolute atomic E-state index is 12.5. The van der Waals surface area contributed by atoms with Crippen molar-refractivity contribution in [3.63, 3.8) is 0 Å². The summed E-state index contributed by atoms with van der Waals surface area (Å²) in [7, 11) is 0. The molecule has 0 fully saturated rings. The van der Waals surface area contributed by atoms with Gasteiger partial charge in [0.1, 0.15) is 6.04 Å². The Balaban J connectivity index is 1.55. The SMILES string of the molecule is Nc1nc2ncc(CNc3ccc(C(=O)NC(CCC(=O)NCNCS)C(=O)O)cc3)nc2c(=O)[nH]1. The van der Waals surface area contributed by atoms with E-state index in [9.17, 15) is 24.3 Å². The number of anilines is 2. The second-order valence-electron chi connectivity index (χ2n) is 7.50. The van der Waals surface area contributed by atoms with Crippen LogP contribution in [0.15, 0.2) is 35.3 Å². The molecule has 0 bridgehead atoms. The topological polar surface area (TPSA) is 217 Å². The molecule has 2 aromatic heterocycles. The average molecular weight is 516 g/mol. The number of thiol groups is 1. The van der Waals surface area contributed by atoms with Crippen molar-refractivity contribution in [1.29, 1.82) is 0 Å². The van der Waals surface area contributed by atoms with Crippen molar-refractivity contribution in [2.75, 3.05) is 23.6 Å². The number of benzene rings is 1. The quantitative estimate of drug-likeness (QED) is 0.0867. The normalized spacial score (nSPS) is 11.6. The highest BCUT2D eigenvalue weighted by atomic mass is 32.1. The zero-order chi connectivity index (χ0) is 26.1. The van der Waals surface area contributed by atoms with Crippen molar-refractivity contribution < 1.29 is 19.5 Å². The van der Waals surface area contributed by atoms with E-state index in [1.807, 2.05) is 0 Å². The van der Waals surface area contributed by atoms with Gasteiger partial charge in [-0.2, -0.15) is 17.6 Å². The van der Waals surface area contributed by atoms with E-state index in [0.29, 0.717) is 17.3 Å². The summed E-state index contributed by atoms with van der Waals surface area (Å²) in [6.07, 6.45) is 1.33. The molecule has 1 aromatic carbocycles. The molecule has 0 saturated heterocycles. The van der Waals surface area contributed by atoms with Gasteiger partial charge in [-0.15, -0.1) is 0 Å². The summed E-state index contributed by atoms with van der Waals surface area (Å²) in [5.41, 5.74) is 6.59. The number of nitrogens with zero attached hydrogens (tertiary/aromatic N) is 3. The van der Waals surface area contributed by atoms with Gasteiger partial charge in [0.15, 0.2) is 11.2 Å². The molecule has 0 saturated carbocycles. The number of fused-ring (bicyclic) bond motifs is 1. The number of carboxylic acids is 1. The van der Waals surface area contributed by atoms with Crippen molar-refractivity contribution in [3.8, 4) is 0 Å². The monoisotopic (exact) mass is 515 g/mol. The van der Waals surface area contributed by atoms with E-state index in [4.69, 9.17) is 5.73 Å². The number of amides is 2. The third kappa shape index (κ3) is 7.38. The minimum atomic E-state index is -1.24. The van der Waals surface area contributed by atoms with Gasteiger partial charge < -0.3 is 26.8 Å². The number of carbonyl (C=O) groups is 3. The van der Waals surface area contributed by atoms with Gasteiger partial charge in [0.25, 0.3) is 11.5 Å². The summed E-state index contributed by atoms with van der Waals surface area (Å²) in [5, 5.41) is 20.3. The number of aromatic amines is 1. The molecule has 3 aromatic rings. The van der Waals surface area contributed by atoms with Crippen LogP contribution in [-0.4, -0.2) is 61.4 Å². The van der Waals surface area contributed by atoms with E-state index in [1.165, 1.54) is 18.3 Å². The minimum absolute atomic E-state index is 0.0468. The predicted molar refractivity (Wildman–Crippen MR) is 134 cm³/mol. The maximum atomic E-state index is 12.5. The van der Waals surface area contributed by atoms with Crippen molar-refractivity contribution in [2.24, 2.45) is 0 Å². The zero-order valence-corrected chi connectivity index (χ0v) is 19.8. The number of hydrogen-bond donors (Lipinski definition) is 8. The number of carbonyl (C=O) groups excluding carboxylic acids is 2. The molecule has 0 aliphatic carbocycles. The highest BCUT2D eigenvalue weighted by Gasteiger charge is 2.21. The Morgan fingerprint density at radius 3 is 2.61 bits per heavy atom. The van der Waals surface area contributed by atoms with Crippen molar-refractivity contribution >= 4 is 53.2 Å². The standard InChI is InChI=1S/C21H25N9O5S/c22-21-29-17-16(19(33)30-21)27-13(8-25-17)7-24-12-3-1-11(2-4-12)18(32)28-14(20(34)35)5-6-15(31)26-9-23-10-36/h1-4,8,14,23-24,36H,5-7,9-10H2,(H,26,31)(H,28,32)(H,34,35)(H3,22,25,29,30,33). The third-order valence-corrected chi connectivity index (χ3v) is 5.12. The lowest BCUT2D eigenvalue weighted by Crippen LogP contribution is -2.42. The molecule has 8 N–H and O–H groups in total. The Morgan fingerprint density at radius 1 is 1.17 bits per heavy atom. The predicted octanol–water partition coefficient (Wildman–Crippen LogP) is -0.579. The molecule has 2 amide bonds. The highest BCUT2D eigenvalue weighted by Crippen LogP contribution is 2.12. The smallest absolute Gasteiger partial charge is 0.326 e. The highest BCUT2D eigenvalue weighted by molar-refractivity contribution is 7.80. The number of nitrogens with one attached hydrogen (secondary N) is 5. The van der Waals surface area contributed by atoms with Gasteiger partial charge in [-0.25, -0.2) is 14.8 Å². The second-order valence-corrected chi connectivity index (χ2v) is 7.82. The fourth-order valence-electron chi connectivity index (χ4n) is 3.07. The Bertz CT molecular complexity index is 1300. The zero-order valence-electron chi connectivity index (χ0n) is 18.9. The van der Waals surface area contributed by atoms with Gasteiger partial charge in [0.2, 0.25) is 11.9 Å². The van der Waals surface area contributed by atoms with E-state index in [0.717, 1.165) is 0 Å². The molecule has 0 aliphatic heterocycles. The number of H-pyrrole nitrogens is 1. The van der Waals surface area contributed by atoms with E-state index < -0.39 is 23.5 Å². The van der Waals surface area contributed by atoms with E-state index >= 15 is 0 Å². The van der Waals surface area contributed by atoms with Crippen LogP contribution in [-0.2, 0) is 16.1 Å². The van der Waals surface area contributed by atoms with Crippen LogP contribution in [0, 0.1) is 0 Å². The first-order valence-electron chi connectivity index (χ1n) is 10.7. The second kappa shape index (κ2) is 12.5. The van der Waals surface area contributed by atoms with Crippen molar-refractivity contribution in [2.45, 2.75) is 25.4 Å². The first kappa shape index (κ1) is 26.4. The summed E-state index contributed by atoms with van der Waals surface area (Å²) >= 11 is 3.95. The maximum Gasteiger partial charge on any atom is 0.326 e. The largest absolute Gasteiger partial charge is 0.480 e. The number of aliphatic carboxylic acids is 1. The molecule has 0 spiro atoms. The number of hydrogen-bond acceptors (Lipinski definition) is 11. The van der Waals surface area contributed by atoms with Gasteiger partial charge in [-0.1, -0.05) is 0 Å². The summed E-state index contributed by atoms with van der Waals surface area (Å²) in [6, 6.07) is 5.09. The lowest BCUT2D eigenvalue weighted by atomic mass is 10.1. The third-order valence-electron chi connectivity index (χ3n) is 4.89. The average Bonchev–Trinajstić information content (AvgIpc) is 2.85. The number of aromatic nitrogens is 4. The molecule has 0 radical (unpaired) electrons. The van der Waals surface area contributed by atoms with Gasteiger partial charge in [-0.3, -0.25) is 24.7 Å².